The van der Waals surface area contributed by atoms with Gasteiger partial charge in [-0.1, -0.05) is 0 Å². The molecule has 0 saturated heterocycles. The van der Waals surface area contributed by atoms with Crippen LogP contribution in [-0.4, -0.2) is 46.1 Å². The molecule has 0 aliphatic rings. The Morgan fingerprint density at radius 2 is 1.43 bits per heavy atom. The van der Waals surface area contributed by atoms with E-state index in [1.807, 2.05) is 0 Å². The molecule has 0 aliphatic carbocycles. The maximum atomic E-state index is 11.5. The first-order valence-electron chi connectivity index (χ1n) is 5.85. The number of ketones is 1. The third kappa shape index (κ3) is 38.2. The fraction of sp³-hybridized carbons (Fsp3) is 0.750. The van der Waals surface area contributed by atoms with E-state index in [1.54, 1.807) is 27.7 Å². The van der Waals surface area contributed by atoms with Gasteiger partial charge in [-0.15, -0.1) is 0 Å². The van der Waals surface area contributed by atoms with Gasteiger partial charge in [0.1, 0.15) is 0 Å². The molecular formula is C12H23F3O5Zr. The molecule has 0 bridgehead atoms. The Hall–Kier alpha value is -0.397. The van der Waals surface area contributed by atoms with Crippen LogP contribution in [0.1, 0.15) is 34.6 Å². The molecule has 3 N–H and O–H groups in total. The zero-order valence-electron chi connectivity index (χ0n) is 12.7. The predicted octanol–water partition coefficient (Wildman–Crippen LogP) is 2.33. The van der Waals surface area contributed by atoms with Crippen molar-refractivity contribution in [2.75, 3.05) is 6.61 Å². The van der Waals surface area contributed by atoms with E-state index in [0.29, 0.717) is 0 Å². The third-order valence-electron chi connectivity index (χ3n) is 0.826. The second kappa shape index (κ2) is 16.0. The average molecular weight is 396 g/mol. The zero-order valence-corrected chi connectivity index (χ0v) is 15.2. The van der Waals surface area contributed by atoms with E-state index in [9.17, 15) is 18.0 Å². The molecule has 9 heteroatoms. The topological polar surface area (TPSA) is 87.0 Å². The van der Waals surface area contributed by atoms with Crippen LogP contribution in [0.3, 0.4) is 0 Å². The van der Waals surface area contributed by atoms with Gasteiger partial charge in [-0.05, 0) is 34.6 Å². The zero-order chi connectivity index (χ0) is 16.9. The van der Waals surface area contributed by atoms with Crippen LogP contribution in [0.5, 0.6) is 0 Å². The summed E-state index contributed by atoms with van der Waals surface area (Å²) in [6.07, 6.45) is -5.31. The van der Waals surface area contributed by atoms with E-state index >= 15 is 0 Å². The number of aliphatic hydroxyl groups is 3. The van der Waals surface area contributed by atoms with Crippen molar-refractivity contribution in [3.63, 3.8) is 0 Å². The van der Waals surface area contributed by atoms with Crippen LogP contribution in [0.15, 0.2) is 12.0 Å². The second-order valence-electron chi connectivity index (χ2n) is 3.97. The summed E-state index contributed by atoms with van der Waals surface area (Å²) in [6, 6.07) is 0. The summed E-state index contributed by atoms with van der Waals surface area (Å²) >= 11 is 0. The number of hydrogen-bond donors (Lipinski definition) is 3. The number of allylic oxidation sites excluding steroid dienone is 1. The van der Waals surface area contributed by atoms with E-state index < -0.39 is 17.9 Å². The van der Waals surface area contributed by atoms with E-state index in [-0.39, 0.29) is 51.1 Å². The van der Waals surface area contributed by atoms with Crippen molar-refractivity contribution >= 4 is 5.78 Å². The number of aliphatic hydroxyl groups excluding tert-OH is 3. The van der Waals surface area contributed by atoms with Gasteiger partial charge in [0.2, 0.25) is 0 Å². The molecule has 21 heavy (non-hydrogen) atoms. The summed E-state index contributed by atoms with van der Waals surface area (Å²) in [7, 11) is 0. The Kier molecular flexibility index (Phi) is 21.9. The Labute approximate surface area is 141 Å². The molecule has 0 amide bonds. The quantitative estimate of drug-likeness (QED) is 0.504. The summed E-state index contributed by atoms with van der Waals surface area (Å²) < 4.78 is 38.7. The van der Waals surface area contributed by atoms with Crippen LogP contribution < -0.4 is 0 Å². The van der Waals surface area contributed by atoms with Crippen molar-refractivity contribution < 1.29 is 64.2 Å². The molecule has 126 valence electrons. The average Bonchev–Trinajstić information content (AvgIpc) is 2.13. The molecule has 0 heterocycles. The van der Waals surface area contributed by atoms with Crippen LogP contribution in [0.25, 0.3) is 0 Å². The van der Waals surface area contributed by atoms with Crippen LogP contribution in [0, 0.1) is 0 Å². The van der Waals surface area contributed by atoms with Gasteiger partial charge in [0.15, 0.2) is 0 Å². The summed E-state index contributed by atoms with van der Waals surface area (Å²) in [5.74, 6) is -3.17. The maximum Gasteiger partial charge on any atom is 0.454 e. The Balaban J connectivity index is -0.000000134. The first-order chi connectivity index (χ1) is 8.84. The fourth-order valence-corrected chi connectivity index (χ4v) is 0.384. The standard InChI is InChI=1S/C6H7F3O3.2C3H8O.Zr/c1-2-12-5(11)3-4(10)6(7,8)9;2*1-3(2)4;/h3,11H,2H2,1H3;2*3-4H,1-2H3;. The number of carbonyl (C=O) groups is 1. The van der Waals surface area contributed by atoms with Crippen molar-refractivity contribution in [1.29, 1.82) is 0 Å². The van der Waals surface area contributed by atoms with Gasteiger partial charge in [-0.25, -0.2) is 0 Å². The fourth-order valence-electron chi connectivity index (χ4n) is 0.384. The molecule has 0 aliphatic heterocycles. The first kappa shape index (κ1) is 28.7. The molecule has 0 fully saturated rings. The first-order valence-corrected chi connectivity index (χ1v) is 5.85. The van der Waals surface area contributed by atoms with Gasteiger partial charge in [-0.3, -0.25) is 4.79 Å². The van der Waals surface area contributed by atoms with Gasteiger partial charge >= 0.3 is 6.18 Å². The number of ether oxygens (including phenoxy) is 1. The SMILES string of the molecule is CC(C)O.CC(C)O.CCOC(O)=CC(=O)C(F)(F)F.[Zr]. The van der Waals surface area contributed by atoms with Gasteiger partial charge < -0.3 is 20.1 Å². The Bertz CT molecular complexity index is 267. The summed E-state index contributed by atoms with van der Waals surface area (Å²) in [5.41, 5.74) is 0. The molecule has 0 aromatic rings. The Morgan fingerprint density at radius 3 is 1.62 bits per heavy atom. The summed E-state index contributed by atoms with van der Waals surface area (Å²) in [5, 5.41) is 24.6. The molecule has 0 radical (unpaired) electrons. The number of carbonyl (C=O) groups excluding carboxylic acids is 1. The molecule has 0 aromatic heterocycles. The minimum atomic E-state index is -4.97. The number of halogens is 3. The van der Waals surface area contributed by atoms with Crippen molar-refractivity contribution in [2.24, 2.45) is 0 Å². The molecule has 0 rings (SSSR count). The van der Waals surface area contributed by atoms with E-state index in [2.05, 4.69) is 4.74 Å². The van der Waals surface area contributed by atoms with Gasteiger partial charge in [0.25, 0.3) is 11.7 Å². The smallest absolute Gasteiger partial charge is 0.454 e. The second-order valence-corrected chi connectivity index (χ2v) is 3.97. The van der Waals surface area contributed by atoms with Crippen molar-refractivity contribution in [2.45, 2.75) is 53.0 Å². The van der Waals surface area contributed by atoms with Crippen molar-refractivity contribution in [1.82, 2.24) is 0 Å². The monoisotopic (exact) mass is 394 g/mol. The number of rotatable bonds is 3. The largest absolute Gasteiger partial charge is 0.481 e. The van der Waals surface area contributed by atoms with Crippen LogP contribution in [-0.2, 0) is 35.7 Å². The van der Waals surface area contributed by atoms with Crippen LogP contribution >= 0.6 is 0 Å². The number of hydrogen-bond acceptors (Lipinski definition) is 5. The predicted molar refractivity (Wildman–Crippen MR) is 68.1 cm³/mol. The van der Waals surface area contributed by atoms with E-state index in [0.717, 1.165) is 0 Å². The van der Waals surface area contributed by atoms with Gasteiger partial charge in [0.05, 0.1) is 12.7 Å². The number of alkyl halides is 3. The third-order valence-corrected chi connectivity index (χ3v) is 0.826. The summed E-state index contributed by atoms with van der Waals surface area (Å²) in [6.45, 7) is 8.34. The van der Waals surface area contributed by atoms with E-state index in [1.165, 1.54) is 6.92 Å². The van der Waals surface area contributed by atoms with Gasteiger partial charge in [-0.2, -0.15) is 13.2 Å². The minimum absolute atomic E-state index is 0. The molecular weight excluding hydrogens is 372 g/mol. The van der Waals surface area contributed by atoms with Crippen LogP contribution in [0.4, 0.5) is 13.2 Å². The van der Waals surface area contributed by atoms with E-state index in [4.69, 9.17) is 15.3 Å². The molecule has 0 unspecified atom stereocenters. The molecule has 5 nitrogen and oxygen atoms in total. The maximum absolute atomic E-state index is 11.5. The Morgan fingerprint density at radius 1 is 1.14 bits per heavy atom. The summed E-state index contributed by atoms with van der Waals surface area (Å²) in [4.78, 5) is 10.1. The molecule has 0 aromatic carbocycles. The minimum Gasteiger partial charge on any atom is -0.481 e. The molecule has 0 saturated carbocycles. The normalized spacial score (nSPS) is 10.8. The van der Waals surface area contributed by atoms with Crippen molar-refractivity contribution in [3.8, 4) is 0 Å². The molecule has 0 atom stereocenters. The molecule has 0 spiro atoms. The van der Waals surface area contributed by atoms with Gasteiger partial charge in [0, 0.05) is 38.4 Å². The van der Waals surface area contributed by atoms with Crippen molar-refractivity contribution in [3.05, 3.63) is 12.0 Å². The van der Waals surface area contributed by atoms with Crippen LogP contribution in [0.2, 0.25) is 0 Å².